The molecule has 0 spiro atoms. The van der Waals surface area contributed by atoms with E-state index < -0.39 is 0 Å². The van der Waals surface area contributed by atoms with Gasteiger partial charge in [-0.05, 0) is 37.8 Å². The van der Waals surface area contributed by atoms with Crippen LogP contribution in [0.15, 0.2) is 24.3 Å². The molecular weight excluding hydrogens is 346 g/mol. The quantitative estimate of drug-likeness (QED) is 0.826. The van der Waals surface area contributed by atoms with E-state index in [2.05, 4.69) is 5.32 Å². The number of likely N-dealkylation sites (tertiary alicyclic amines) is 1. The highest BCUT2D eigenvalue weighted by Gasteiger charge is 2.25. The Hall–Kier alpha value is -2.57. The maximum Gasteiger partial charge on any atom is 0.409 e. The van der Waals surface area contributed by atoms with Gasteiger partial charge >= 0.3 is 6.09 Å². The first kappa shape index (κ1) is 20.7. The van der Waals surface area contributed by atoms with Crippen molar-refractivity contribution < 1.29 is 19.1 Å². The second kappa shape index (κ2) is 9.94. The Morgan fingerprint density at radius 3 is 2.48 bits per heavy atom. The molecule has 0 atom stereocenters. The molecule has 1 aliphatic rings. The number of nitrogens with zero attached hydrogens (tertiary/aromatic N) is 2. The number of nitrogens with one attached hydrogen (secondary N) is 1. The van der Waals surface area contributed by atoms with Crippen LogP contribution in [0, 0.1) is 6.92 Å². The molecule has 27 heavy (non-hydrogen) atoms. The standard InChI is InChI=1S/C20H29N3O4/c1-4-27-20(26)22-11-9-18(10-12-22)21-19(25)14-23(16(3)24)13-17-8-6-5-7-15(17)2/h5-8,18H,4,9-14H2,1-3H3,(H,21,25). The maximum absolute atomic E-state index is 12.4. The molecule has 7 nitrogen and oxygen atoms in total. The van der Waals surface area contributed by atoms with Crippen molar-refractivity contribution >= 4 is 17.9 Å². The summed E-state index contributed by atoms with van der Waals surface area (Å²) >= 11 is 0. The summed E-state index contributed by atoms with van der Waals surface area (Å²) in [5.74, 6) is -0.307. The molecule has 1 aromatic carbocycles. The second-order valence-corrected chi connectivity index (χ2v) is 6.83. The molecule has 0 aromatic heterocycles. The van der Waals surface area contributed by atoms with E-state index in [0.29, 0.717) is 39.1 Å². The van der Waals surface area contributed by atoms with Crippen molar-refractivity contribution in [2.75, 3.05) is 26.2 Å². The van der Waals surface area contributed by atoms with Gasteiger partial charge in [0.05, 0.1) is 13.2 Å². The summed E-state index contributed by atoms with van der Waals surface area (Å²) in [5.41, 5.74) is 2.12. The van der Waals surface area contributed by atoms with Crippen molar-refractivity contribution in [3.63, 3.8) is 0 Å². The summed E-state index contributed by atoms with van der Waals surface area (Å²) < 4.78 is 5.00. The molecule has 1 N–H and O–H groups in total. The maximum atomic E-state index is 12.4. The van der Waals surface area contributed by atoms with Crippen molar-refractivity contribution in [2.24, 2.45) is 0 Å². The van der Waals surface area contributed by atoms with Crippen molar-refractivity contribution in [3.8, 4) is 0 Å². The zero-order valence-electron chi connectivity index (χ0n) is 16.4. The van der Waals surface area contributed by atoms with Crippen LogP contribution in [0.1, 0.15) is 37.8 Å². The molecule has 2 rings (SSSR count). The third kappa shape index (κ3) is 6.27. The Kier molecular flexibility index (Phi) is 7.64. The van der Waals surface area contributed by atoms with Gasteiger partial charge in [-0.15, -0.1) is 0 Å². The Bertz CT molecular complexity index is 669. The molecule has 1 saturated heterocycles. The fourth-order valence-corrected chi connectivity index (χ4v) is 3.14. The molecule has 1 fully saturated rings. The Morgan fingerprint density at radius 2 is 1.89 bits per heavy atom. The highest BCUT2D eigenvalue weighted by Crippen LogP contribution is 2.13. The number of carbonyl (C=O) groups is 3. The summed E-state index contributed by atoms with van der Waals surface area (Å²) in [6, 6.07) is 7.85. The predicted octanol–water partition coefficient (Wildman–Crippen LogP) is 2.08. The summed E-state index contributed by atoms with van der Waals surface area (Å²) in [6.07, 6.45) is 1.06. The van der Waals surface area contributed by atoms with Crippen LogP contribution in [0.5, 0.6) is 0 Å². The van der Waals surface area contributed by atoms with E-state index in [4.69, 9.17) is 4.74 Å². The molecule has 0 bridgehead atoms. The summed E-state index contributed by atoms with van der Waals surface area (Å²) in [6.45, 7) is 7.17. The lowest BCUT2D eigenvalue weighted by molar-refractivity contribution is -0.135. The van der Waals surface area contributed by atoms with Crippen molar-refractivity contribution in [3.05, 3.63) is 35.4 Å². The lowest BCUT2D eigenvalue weighted by Gasteiger charge is -2.32. The molecule has 0 radical (unpaired) electrons. The number of hydrogen-bond donors (Lipinski definition) is 1. The lowest BCUT2D eigenvalue weighted by Crippen LogP contribution is -2.49. The molecule has 148 valence electrons. The number of piperidine rings is 1. The zero-order valence-corrected chi connectivity index (χ0v) is 16.4. The highest BCUT2D eigenvalue weighted by atomic mass is 16.6. The first-order valence-corrected chi connectivity index (χ1v) is 9.41. The predicted molar refractivity (Wildman–Crippen MR) is 102 cm³/mol. The van der Waals surface area contributed by atoms with Crippen LogP contribution < -0.4 is 5.32 Å². The van der Waals surface area contributed by atoms with Gasteiger partial charge < -0.3 is 19.9 Å². The molecule has 1 aliphatic heterocycles. The van der Waals surface area contributed by atoms with Crippen LogP contribution >= 0.6 is 0 Å². The highest BCUT2D eigenvalue weighted by molar-refractivity contribution is 5.84. The minimum Gasteiger partial charge on any atom is -0.450 e. The third-order valence-corrected chi connectivity index (χ3v) is 4.79. The normalized spacial score (nSPS) is 14.6. The topological polar surface area (TPSA) is 79.0 Å². The minimum absolute atomic E-state index is 0.00967. The molecule has 0 unspecified atom stereocenters. The average molecular weight is 375 g/mol. The fraction of sp³-hybridized carbons (Fsp3) is 0.550. The molecule has 3 amide bonds. The van der Waals surface area contributed by atoms with Gasteiger partial charge in [0.1, 0.15) is 0 Å². The van der Waals surface area contributed by atoms with Crippen LogP contribution in [-0.2, 0) is 20.9 Å². The van der Waals surface area contributed by atoms with Gasteiger partial charge in [0.15, 0.2) is 0 Å². The van der Waals surface area contributed by atoms with Gasteiger partial charge in [-0.3, -0.25) is 9.59 Å². The summed E-state index contributed by atoms with van der Waals surface area (Å²) in [5, 5.41) is 2.98. The number of rotatable bonds is 6. The van der Waals surface area contributed by atoms with Crippen molar-refractivity contribution in [2.45, 2.75) is 46.2 Å². The van der Waals surface area contributed by atoms with Gasteiger partial charge in [-0.1, -0.05) is 24.3 Å². The van der Waals surface area contributed by atoms with Crippen molar-refractivity contribution in [1.29, 1.82) is 0 Å². The van der Waals surface area contributed by atoms with Crippen LogP contribution in [0.25, 0.3) is 0 Å². The first-order chi connectivity index (χ1) is 12.9. The fourth-order valence-electron chi connectivity index (χ4n) is 3.14. The van der Waals surface area contributed by atoms with E-state index in [1.165, 1.54) is 6.92 Å². The molecule has 0 saturated carbocycles. The van der Waals surface area contributed by atoms with E-state index in [1.807, 2.05) is 31.2 Å². The smallest absolute Gasteiger partial charge is 0.409 e. The molecule has 0 aliphatic carbocycles. The van der Waals surface area contributed by atoms with Crippen LogP contribution in [-0.4, -0.2) is 60.0 Å². The SMILES string of the molecule is CCOC(=O)N1CCC(NC(=O)CN(Cc2ccccc2C)C(C)=O)CC1. The van der Waals surface area contributed by atoms with Gasteiger partial charge in [0, 0.05) is 32.6 Å². The molecule has 7 heteroatoms. The Labute approximate surface area is 160 Å². The van der Waals surface area contributed by atoms with Crippen molar-refractivity contribution in [1.82, 2.24) is 15.1 Å². The van der Waals surface area contributed by atoms with E-state index in [0.717, 1.165) is 11.1 Å². The summed E-state index contributed by atoms with van der Waals surface area (Å²) in [4.78, 5) is 39.3. The molecular formula is C20H29N3O4. The summed E-state index contributed by atoms with van der Waals surface area (Å²) in [7, 11) is 0. The number of amides is 3. The number of aryl methyl sites for hydroxylation is 1. The van der Waals surface area contributed by atoms with E-state index >= 15 is 0 Å². The van der Waals surface area contributed by atoms with Gasteiger partial charge in [-0.25, -0.2) is 4.79 Å². The van der Waals surface area contributed by atoms with Crippen LogP contribution in [0.4, 0.5) is 4.79 Å². The lowest BCUT2D eigenvalue weighted by atomic mass is 10.1. The van der Waals surface area contributed by atoms with Crippen LogP contribution in [0.2, 0.25) is 0 Å². The number of hydrogen-bond acceptors (Lipinski definition) is 4. The number of benzene rings is 1. The van der Waals surface area contributed by atoms with Gasteiger partial charge in [-0.2, -0.15) is 0 Å². The average Bonchev–Trinajstić information content (AvgIpc) is 2.63. The molecule has 1 heterocycles. The van der Waals surface area contributed by atoms with Gasteiger partial charge in [0.2, 0.25) is 11.8 Å². The molecule has 1 aromatic rings. The van der Waals surface area contributed by atoms with Gasteiger partial charge in [0.25, 0.3) is 0 Å². The van der Waals surface area contributed by atoms with E-state index in [9.17, 15) is 14.4 Å². The van der Waals surface area contributed by atoms with E-state index in [1.54, 1.807) is 16.7 Å². The largest absolute Gasteiger partial charge is 0.450 e. The minimum atomic E-state index is -0.303. The zero-order chi connectivity index (χ0) is 19.8. The Morgan fingerprint density at radius 1 is 1.22 bits per heavy atom. The first-order valence-electron chi connectivity index (χ1n) is 9.41. The van der Waals surface area contributed by atoms with Crippen LogP contribution in [0.3, 0.4) is 0 Å². The third-order valence-electron chi connectivity index (χ3n) is 4.79. The monoisotopic (exact) mass is 375 g/mol. The number of carbonyl (C=O) groups excluding carboxylic acids is 3. The second-order valence-electron chi connectivity index (χ2n) is 6.83. The van der Waals surface area contributed by atoms with E-state index in [-0.39, 0.29) is 30.5 Å². The number of ether oxygens (including phenoxy) is 1. The Balaban J connectivity index is 1.84.